The third-order valence-electron chi connectivity index (χ3n) is 4.32. The van der Waals surface area contributed by atoms with E-state index < -0.39 is 10.8 Å². The summed E-state index contributed by atoms with van der Waals surface area (Å²) < 4.78 is 7.19. The quantitative estimate of drug-likeness (QED) is 0.102. The van der Waals surface area contributed by atoms with Gasteiger partial charge in [-0.2, -0.15) is 5.26 Å². The van der Waals surface area contributed by atoms with Crippen molar-refractivity contribution < 1.29 is 14.5 Å². The van der Waals surface area contributed by atoms with E-state index in [1.807, 2.05) is 6.07 Å². The van der Waals surface area contributed by atoms with E-state index in [1.54, 1.807) is 48.5 Å². The first-order valence-corrected chi connectivity index (χ1v) is 11.6. The second kappa shape index (κ2) is 11.3. The number of anilines is 1. The number of non-ortho nitro benzene ring substituents is 1. The molecule has 0 spiro atoms. The fourth-order valence-corrected chi connectivity index (χ4v) is 4.74. The number of nitrogens with one attached hydrogen (secondary N) is 1. The molecule has 10 heteroatoms. The SMILES string of the molecule is N#C/C(=C\c1cc(Br)c(OCc2cccc([N+](=O)[O-])c2)c(I)c1)C(=O)Nc1ccccc1Cl. The molecule has 1 N–H and O–H groups in total. The Morgan fingerprint density at radius 3 is 2.67 bits per heavy atom. The number of nitro benzene ring substituents is 1. The third kappa shape index (κ3) is 6.54. The summed E-state index contributed by atoms with van der Waals surface area (Å²) in [5, 5.41) is 23.4. The van der Waals surface area contributed by atoms with Gasteiger partial charge in [-0.25, -0.2) is 0 Å². The molecule has 3 rings (SSSR count). The number of hydrogen-bond acceptors (Lipinski definition) is 5. The monoisotopic (exact) mass is 637 g/mol. The van der Waals surface area contributed by atoms with Crippen LogP contribution in [0.15, 0.2) is 70.7 Å². The Balaban J connectivity index is 1.78. The van der Waals surface area contributed by atoms with Gasteiger partial charge < -0.3 is 10.1 Å². The van der Waals surface area contributed by atoms with Crippen molar-refractivity contribution in [3.05, 3.63) is 101 Å². The highest BCUT2D eigenvalue weighted by molar-refractivity contribution is 14.1. The number of carbonyl (C=O) groups is 1. The molecule has 0 fully saturated rings. The normalized spacial score (nSPS) is 10.9. The molecule has 0 aliphatic rings. The zero-order valence-corrected chi connectivity index (χ0v) is 21.2. The second-order valence-corrected chi connectivity index (χ2v) is 9.06. The molecule has 7 nitrogen and oxygen atoms in total. The summed E-state index contributed by atoms with van der Waals surface area (Å²) in [6, 6.07) is 18.3. The zero-order valence-electron chi connectivity index (χ0n) is 16.7. The highest BCUT2D eigenvalue weighted by Gasteiger charge is 2.14. The van der Waals surface area contributed by atoms with Gasteiger partial charge in [0.1, 0.15) is 24.0 Å². The predicted octanol–water partition coefficient (Wildman–Crippen LogP) is 6.74. The standard InChI is InChI=1S/C23H14BrClIN3O4/c24-18-10-15(8-16(12-27)23(30)28-21-7-2-1-6-19(21)25)11-20(26)22(18)33-13-14-4-3-5-17(9-14)29(31)32/h1-11H,13H2,(H,28,30)/b16-8+. The first-order valence-electron chi connectivity index (χ1n) is 9.31. The number of benzene rings is 3. The molecule has 0 aromatic heterocycles. The van der Waals surface area contributed by atoms with E-state index in [4.69, 9.17) is 16.3 Å². The van der Waals surface area contributed by atoms with Gasteiger partial charge in [-0.05, 0) is 80.0 Å². The second-order valence-electron chi connectivity index (χ2n) is 6.63. The molecule has 0 unspecified atom stereocenters. The number of rotatable bonds is 7. The van der Waals surface area contributed by atoms with Crippen LogP contribution >= 0.6 is 50.1 Å². The van der Waals surface area contributed by atoms with Gasteiger partial charge in [0, 0.05) is 12.1 Å². The van der Waals surface area contributed by atoms with Crippen LogP contribution < -0.4 is 10.1 Å². The van der Waals surface area contributed by atoms with Crippen LogP contribution in [0.2, 0.25) is 5.02 Å². The number of ether oxygens (including phenoxy) is 1. The largest absolute Gasteiger partial charge is 0.487 e. The van der Waals surface area contributed by atoms with Crippen LogP contribution in [0.25, 0.3) is 6.08 Å². The average molecular weight is 639 g/mol. The minimum atomic E-state index is -0.581. The van der Waals surface area contributed by atoms with E-state index >= 15 is 0 Å². The van der Waals surface area contributed by atoms with Crippen LogP contribution in [-0.2, 0) is 11.4 Å². The maximum absolute atomic E-state index is 12.5. The summed E-state index contributed by atoms with van der Waals surface area (Å²) in [4.78, 5) is 23.0. The van der Waals surface area contributed by atoms with Crippen LogP contribution in [0, 0.1) is 25.0 Å². The van der Waals surface area contributed by atoms with Gasteiger partial charge in [0.2, 0.25) is 0 Å². The predicted molar refractivity (Wildman–Crippen MR) is 138 cm³/mol. The van der Waals surface area contributed by atoms with Gasteiger partial charge in [0.25, 0.3) is 11.6 Å². The van der Waals surface area contributed by atoms with Gasteiger partial charge in [0.15, 0.2) is 0 Å². The smallest absolute Gasteiger partial charge is 0.269 e. The van der Waals surface area contributed by atoms with Crippen LogP contribution in [0.3, 0.4) is 0 Å². The molecule has 0 heterocycles. The van der Waals surface area contributed by atoms with E-state index in [1.165, 1.54) is 18.2 Å². The van der Waals surface area contributed by atoms with Crippen molar-refractivity contribution in [3.63, 3.8) is 0 Å². The Kier molecular flexibility index (Phi) is 8.43. The van der Waals surface area contributed by atoms with Crippen molar-refractivity contribution in [1.82, 2.24) is 0 Å². The van der Waals surface area contributed by atoms with Crippen molar-refractivity contribution >= 4 is 73.5 Å². The molecule has 0 aliphatic carbocycles. The fraction of sp³-hybridized carbons (Fsp3) is 0.0435. The van der Waals surface area contributed by atoms with Gasteiger partial charge in [-0.1, -0.05) is 35.9 Å². The number of nitrogens with zero attached hydrogens (tertiary/aromatic N) is 2. The van der Waals surface area contributed by atoms with Gasteiger partial charge in [-0.3, -0.25) is 14.9 Å². The number of hydrogen-bond donors (Lipinski definition) is 1. The maximum atomic E-state index is 12.5. The van der Waals surface area contributed by atoms with Crippen molar-refractivity contribution in [3.8, 4) is 11.8 Å². The summed E-state index contributed by atoms with van der Waals surface area (Å²) >= 11 is 11.6. The molecule has 0 bridgehead atoms. The topological polar surface area (TPSA) is 105 Å². The minimum absolute atomic E-state index is 0.00977. The Labute approximate surface area is 216 Å². The molecule has 166 valence electrons. The molecular weight excluding hydrogens is 625 g/mol. The molecule has 3 aromatic rings. The zero-order chi connectivity index (χ0) is 24.0. The maximum Gasteiger partial charge on any atom is 0.269 e. The van der Waals surface area contributed by atoms with Crippen LogP contribution in [-0.4, -0.2) is 10.8 Å². The number of nitriles is 1. The molecule has 33 heavy (non-hydrogen) atoms. The van der Waals surface area contributed by atoms with E-state index in [0.29, 0.717) is 32.1 Å². The van der Waals surface area contributed by atoms with E-state index in [2.05, 4.69) is 43.8 Å². The lowest BCUT2D eigenvalue weighted by Gasteiger charge is -2.12. The van der Waals surface area contributed by atoms with Gasteiger partial charge >= 0.3 is 0 Å². The van der Waals surface area contributed by atoms with Crippen molar-refractivity contribution in [2.24, 2.45) is 0 Å². The fourth-order valence-electron chi connectivity index (χ4n) is 2.78. The summed E-state index contributed by atoms with van der Waals surface area (Å²) in [7, 11) is 0. The van der Waals surface area contributed by atoms with Crippen LogP contribution in [0.4, 0.5) is 11.4 Å². The summed E-state index contributed by atoms with van der Waals surface area (Å²) in [5.74, 6) is -0.0407. The van der Waals surface area contributed by atoms with E-state index in [9.17, 15) is 20.2 Å². The first kappa shape index (κ1) is 24.7. The van der Waals surface area contributed by atoms with Crippen molar-refractivity contribution in [2.45, 2.75) is 6.61 Å². The van der Waals surface area contributed by atoms with E-state index in [-0.39, 0.29) is 17.9 Å². The molecular formula is C23H14BrClIN3O4. The molecule has 0 aliphatic heterocycles. The summed E-state index contributed by atoms with van der Waals surface area (Å²) in [6.45, 7) is 0.134. The number of nitro groups is 1. The lowest BCUT2D eigenvalue weighted by molar-refractivity contribution is -0.384. The van der Waals surface area contributed by atoms with Crippen LogP contribution in [0.5, 0.6) is 5.75 Å². The van der Waals surface area contributed by atoms with Crippen LogP contribution in [0.1, 0.15) is 11.1 Å². The molecule has 0 saturated carbocycles. The third-order valence-corrected chi connectivity index (χ3v) is 6.04. The Morgan fingerprint density at radius 2 is 2.00 bits per heavy atom. The van der Waals surface area contributed by atoms with E-state index in [0.717, 1.165) is 3.57 Å². The summed E-state index contributed by atoms with van der Waals surface area (Å²) in [5.41, 5.74) is 1.57. The minimum Gasteiger partial charge on any atom is -0.487 e. The lowest BCUT2D eigenvalue weighted by Crippen LogP contribution is -2.13. The Hall–Kier alpha value is -2.94. The molecule has 1 amide bonds. The first-order chi connectivity index (χ1) is 15.8. The number of amides is 1. The lowest BCUT2D eigenvalue weighted by atomic mass is 10.1. The highest BCUT2D eigenvalue weighted by Crippen LogP contribution is 2.33. The van der Waals surface area contributed by atoms with Crippen molar-refractivity contribution in [2.75, 3.05) is 5.32 Å². The highest BCUT2D eigenvalue weighted by atomic mass is 127. The Bertz CT molecular complexity index is 1280. The molecule has 0 radical (unpaired) electrons. The Morgan fingerprint density at radius 1 is 1.24 bits per heavy atom. The van der Waals surface area contributed by atoms with Crippen molar-refractivity contribution in [1.29, 1.82) is 5.26 Å². The molecule has 3 aromatic carbocycles. The van der Waals surface area contributed by atoms with Gasteiger partial charge in [-0.15, -0.1) is 0 Å². The number of carbonyl (C=O) groups excluding carboxylic acids is 1. The summed E-state index contributed by atoms with van der Waals surface area (Å²) in [6.07, 6.45) is 1.46. The van der Waals surface area contributed by atoms with Gasteiger partial charge in [0.05, 0.1) is 23.7 Å². The average Bonchev–Trinajstić information content (AvgIpc) is 2.78. The molecule has 0 saturated heterocycles. The number of halogens is 3. The molecule has 0 atom stereocenters. The number of para-hydroxylation sites is 1.